The number of para-hydroxylation sites is 1. The van der Waals surface area contributed by atoms with E-state index in [2.05, 4.69) is 34.8 Å². The molecule has 1 atom stereocenters. The molecule has 4 rings (SSSR count). The van der Waals surface area contributed by atoms with Gasteiger partial charge in [0.25, 0.3) is 5.91 Å². The Morgan fingerprint density at radius 3 is 2.13 bits per heavy atom. The van der Waals surface area contributed by atoms with Gasteiger partial charge in [0.15, 0.2) is 5.69 Å². The molecule has 0 bridgehead atoms. The first-order valence-electron chi connectivity index (χ1n) is 9.95. The highest BCUT2D eigenvalue weighted by Crippen LogP contribution is 2.21. The van der Waals surface area contributed by atoms with Gasteiger partial charge in [0, 0.05) is 23.1 Å². The maximum Gasteiger partial charge on any atom is 0.276 e. The zero-order valence-corrected chi connectivity index (χ0v) is 17.0. The number of aryl methyl sites for hydroxylation is 1. The Balaban J connectivity index is 1.42. The number of hydrogen-bond acceptors (Lipinski definition) is 3. The summed E-state index contributed by atoms with van der Waals surface area (Å²) < 4.78 is 1.77. The summed E-state index contributed by atoms with van der Waals surface area (Å²) in [7, 11) is 0. The van der Waals surface area contributed by atoms with E-state index in [-0.39, 0.29) is 11.9 Å². The minimum atomic E-state index is -0.230. The van der Waals surface area contributed by atoms with Crippen molar-refractivity contribution in [1.29, 1.82) is 0 Å². The van der Waals surface area contributed by atoms with E-state index >= 15 is 0 Å². The molecule has 0 radical (unpaired) electrons. The highest BCUT2D eigenvalue weighted by molar-refractivity contribution is 6.03. The molecule has 2 N–H and O–H groups in total. The summed E-state index contributed by atoms with van der Waals surface area (Å²) in [6.07, 6.45) is 0. The molecule has 0 aliphatic heterocycles. The van der Waals surface area contributed by atoms with E-state index in [0.717, 1.165) is 22.8 Å². The van der Waals surface area contributed by atoms with Crippen molar-refractivity contribution in [2.24, 2.45) is 0 Å². The smallest absolute Gasteiger partial charge is 0.276 e. The molecule has 30 heavy (non-hydrogen) atoms. The molecule has 0 saturated heterocycles. The van der Waals surface area contributed by atoms with E-state index in [1.807, 2.05) is 79.7 Å². The maximum absolute atomic E-state index is 12.7. The van der Waals surface area contributed by atoms with Gasteiger partial charge in [0.1, 0.15) is 0 Å². The third-order valence-corrected chi connectivity index (χ3v) is 4.95. The Morgan fingerprint density at radius 2 is 1.47 bits per heavy atom. The van der Waals surface area contributed by atoms with Crippen LogP contribution in [0.15, 0.2) is 91.0 Å². The Hall–Kier alpha value is -3.86. The van der Waals surface area contributed by atoms with Crippen LogP contribution in [0.2, 0.25) is 0 Å². The van der Waals surface area contributed by atoms with Crippen LogP contribution >= 0.6 is 0 Å². The average Bonchev–Trinajstić information content (AvgIpc) is 3.18. The van der Waals surface area contributed by atoms with Crippen LogP contribution in [0.4, 0.5) is 11.4 Å². The highest BCUT2D eigenvalue weighted by atomic mass is 16.1. The lowest BCUT2D eigenvalue weighted by Crippen LogP contribution is -2.13. The van der Waals surface area contributed by atoms with Gasteiger partial charge in [-0.2, -0.15) is 5.10 Å². The molecule has 0 spiro atoms. The molecular formula is C25H24N4O. The van der Waals surface area contributed by atoms with Crippen LogP contribution in [0.25, 0.3) is 5.69 Å². The lowest BCUT2D eigenvalue weighted by atomic mass is 10.1. The summed E-state index contributed by atoms with van der Waals surface area (Å²) in [6, 6.07) is 29.7. The van der Waals surface area contributed by atoms with E-state index in [1.54, 1.807) is 10.7 Å². The summed E-state index contributed by atoms with van der Waals surface area (Å²) in [5.41, 5.74) is 5.16. The van der Waals surface area contributed by atoms with Crippen molar-refractivity contribution in [3.63, 3.8) is 0 Å². The van der Waals surface area contributed by atoms with Crippen molar-refractivity contribution in [3.05, 3.63) is 108 Å². The first kappa shape index (κ1) is 19.5. The molecule has 4 aromatic rings. The van der Waals surface area contributed by atoms with Crippen LogP contribution in [0.1, 0.15) is 34.7 Å². The number of carbonyl (C=O) groups excluding carboxylic acids is 1. The number of hydrogen-bond donors (Lipinski definition) is 2. The predicted octanol–water partition coefficient (Wildman–Crippen LogP) is 5.61. The lowest BCUT2D eigenvalue weighted by molar-refractivity contribution is 0.102. The zero-order valence-electron chi connectivity index (χ0n) is 17.0. The molecule has 3 aromatic carbocycles. The Kier molecular flexibility index (Phi) is 5.61. The average molecular weight is 396 g/mol. The van der Waals surface area contributed by atoms with E-state index in [1.165, 1.54) is 5.56 Å². The van der Waals surface area contributed by atoms with Gasteiger partial charge in [-0.1, -0.05) is 48.5 Å². The first-order chi connectivity index (χ1) is 14.6. The van der Waals surface area contributed by atoms with Crippen LogP contribution < -0.4 is 10.6 Å². The lowest BCUT2D eigenvalue weighted by Gasteiger charge is -2.16. The maximum atomic E-state index is 12.7. The van der Waals surface area contributed by atoms with Crippen molar-refractivity contribution in [3.8, 4) is 5.69 Å². The zero-order chi connectivity index (χ0) is 20.9. The standard InChI is InChI=1S/C25H24N4O/c1-18-17-24(28-29(18)23-11-7-4-8-12-23)25(30)27-22-15-13-21(14-16-22)26-19(2)20-9-5-3-6-10-20/h3-17,19,26H,1-2H3,(H,27,30). The number of rotatable bonds is 6. The molecular weight excluding hydrogens is 372 g/mol. The van der Waals surface area contributed by atoms with Crippen LogP contribution in [0.3, 0.4) is 0 Å². The van der Waals surface area contributed by atoms with E-state index in [0.29, 0.717) is 5.69 Å². The SMILES string of the molecule is Cc1cc(C(=O)Nc2ccc(NC(C)c3ccccc3)cc2)nn1-c1ccccc1. The van der Waals surface area contributed by atoms with Gasteiger partial charge < -0.3 is 10.6 Å². The Bertz CT molecular complexity index is 1120. The summed E-state index contributed by atoms with van der Waals surface area (Å²) >= 11 is 0. The molecule has 1 amide bonds. The van der Waals surface area contributed by atoms with Gasteiger partial charge in [0.2, 0.25) is 0 Å². The van der Waals surface area contributed by atoms with Gasteiger partial charge in [-0.15, -0.1) is 0 Å². The van der Waals surface area contributed by atoms with Crippen molar-refractivity contribution >= 4 is 17.3 Å². The second-order valence-electron chi connectivity index (χ2n) is 7.23. The minimum Gasteiger partial charge on any atom is -0.379 e. The number of carbonyl (C=O) groups is 1. The number of benzene rings is 3. The van der Waals surface area contributed by atoms with Crippen molar-refractivity contribution in [2.45, 2.75) is 19.9 Å². The van der Waals surface area contributed by atoms with Gasteiger partial charge in [0.05, 0.1) is 5.69 Å². The number of nitrogens with zero attached hydrogens (tertiary/aromatic N) is 2. The molecule has 0 aliphatic carbocycles. The number of anilines is 2. The monoisotopic (exact) mass is 396 g/mol. The topological polar surface area (TPSA) is 59.0 Å². The minimum absolute atomic E-state index is 0.191. The second-order valence-corrected chi connectivity index (χ2v) is 7.23. The highest BCUT2D eigenvalue weighted by Gasteiger charge is 2.13. The van der Waals surface area contributed by atoms with Gasteiger partial charge in [-0.25, -0.2) is 4.68 Å². The quantitative estimate of drug-likeness (QED) is 0.446. The van der Waals surface area contributed by atoms with Gasteiger partial charge in [-0.05, 0) is 61.9 Å². The first-order valence-corrected chi connectivity index (χ1v) is 9.95. The largest absolute Gasteiger partial charge is 0.379 e. The Morgan fingerprint density at radius 1 is 0.867 bits per heavy atom. The normalized spacial score (nSPS) is 11.7. The van der Waals surface area contributed by atoms with Crippen molar-refractivity contribution in [1.82, 2.24) is 9.78 Å². The molecule has 0 saturated carbocycles. The van der Waals surface area contributed by atoms with Gasteiger partial charge >= 0.3 is 0 Å². The number of nitrogens with one attached hydrogen (secondary N) is 2. The molecule has 0 fully saturated rings. The van der Waals surface area contributed by atoms with Crippen LogP contribution in [-0.4, -0.2) is 15.7 Å². The fourth-order valence-electron chi connectivity index (χ4n) is 3.34. The van der Waals surface area contributed by atoms with Crippen LogP contribution in [0.5, 0.6) is 0 Å². The predicted molar refractivity (Wildman–Crippen MR) is 121 cm³/mol. The molecule has 5 heteroatoms. The third kappa shape index (κ3) is 4.41. The molecule has 1 aromatic heterocycles. The van der Waals surface area contributed by atoms with E-state index in [4.69, 9.17) is 0 Å². The Labute approximate surface area is 176 Å². The van der Waals surface area contributed by atoms with Crippen molar-refractivity contribution < 1.29 is 4.79 Å². The summed E-state index contributed by atoms with van der Waals surface area (Å²) in [4.78, 5) is 12.7. The summed E-state index contributed by atoms with van der Waals surface area (Å²) in [6.45, 7) is 4.06. The molecule has 0 aliphatic rings. The number of amides is 1. The van der Waals surface area contributed by atoms with Crippen LogP contribution in [-0.2, 0) is 0 Å². The molecule has 1 unspecified atom stereocenters. The molecule has 1 heterocycles. The fraction of sp³-hybridized carbons (Fsp3) is 0.120. The number of aromatic nitrogens is 2. The van der Waals surface area contributed by atoms with Gasteiger partial charge in [-0.3, -0.25) is 4.79 Å². The molecule has 150 valence electrons. The summed E-state index contributed by atoms with van der Waals surface area (Å²) in [5.74, 6) is -0.230. The molecule has 5 nitrogen and oxygen atoms in total. The van der Waals surface area contributed by atoms with E-state index < -0.39 is 0 Å². The third-order valence-electron chi connectivity index (χ3n) is 4.95. The van der Waals surface area contributed by atoms with E-state index in [9.17, 15) is 4.79 Å². The second kappa shape index (κ2) is 8.66. The fourth-order valence-corrected chi connectivity index (χ4v) is 3.34. The summed E-state index contributed by atoms with van der Waals surface area (Å²) in [5, 5.41) is 10.8. The van der Waals surface area contributed by atoms with Crippen LogP contribution in [0, 0.1) is 6.92 Å². The van der Waals surface area contributed by atoms with Crippen molar-refractivity contribution in [2.75, 3.05) is 10.6 Å².